The van der Waals surface area contributed by atoms with E-state index >= 15 is 0 Å². The van der Waals surface area contributed by atoms with Crippen LogP contribution in [0.3, 0.4) is 0 Å². The van der Waals surface area contributed by atoms with Crippen molar-refractivity contribution >= 4 is 5.78 Å². The van der Waals surface area contributed by atoms with Gasteiger partial charge in [-0.05, 0) is 25.2 Å². The normalized spacial score (nSPS) is 48.6. The summed E-state index contributed by atoms with van der Waals surface area (Å²) < 4.78 is 0. The number of carbonyl (C=O) groups excluding carboxylic acids is 1. The highest BCUT2D eigenvalue weighted by molar-refractivity contribution is 5.87. The summed E-state index contributed by atoms with van der Waals surface area (Å²) in [7, 11) is 0. The van der Waals surface area contributed by atoms with Crippen LogP contribution in [0.25, 0.3) is 0 Å². The third-order valence-electron chi connectivity index (χ3n) is 2.99. The molecule has 0 aromatic rings. The molecule has 0 aliphatic heterocycles. The van der Waals surface area contributed by atoms with Gasteiger partial charge in [0.05, 0.1) is 0 Å². The van der Waals surface area contributed by atoms with Gasteiger partial charge in [-0.15, -0.1) is 0 Å². The molecule has 9 heavy (non-hydrogen) atoms. The first-order chi connectivity index (χ1) is 4.21. The van der Waals surface area contributed by atoms with Crippen LogP contribution in [0.4, 0.5) is 0 Å². The summed E-state index contributed by atoms with van der Waals surface area (Å²) in [5.74, 6) is 1.29. The van der Waals surface area contributed by atoms with Crippen molar-refractivity contribution in [2.24, 2.45) is 11.3 Å². The summed E-state index contributed by atoms with van der Waals surface area (Å²) in [6.07, 6.45) is 4.54. The van der Waals surface area contributed by atoms with E-state index < -0.39 is 0 Å². The lowest BCUT2D eigenvalue weighted by molar-refractivity contribution is -0.126. The second-order valence-corrected chi connectivity index (χ2v) is 3.80. The zero-order chi connectivity index (χ0) is 6.48. The van der Waals surface area contributed by atoms with Gasteiger partial charge in [0, 0.05) is 11.8 Å². The maximum Gasteiger partial charge on any atom is 0.139 e. The van der Waals surface area contributed by atoms with E-state index in [1.54, 1.807) is 0 Å². The van der Waals surface area contributed by atoms with Crippen molar-refractivity contribution in [3.63, 3.8) is 0 Å². The molecule has 0 unspecified atom stereocenters. The van der Waals surface area contributed by atoms with Crippen LogP contribution >= 0.6 is 0 Å². The highest BCUT2D eigenvalue weighted by atomic mass is 16.1. The number of Topliss-reactive ketones (excluding diaryl/α,β-unsaturated/α-hetero) is 1. The van der Waals surface area contributed by atoms with Crippen molar-refractivity contribution in [1.29, 1.82) is 0 Å². The van der Waals surface area contributed by atoms with Crippen LogP contribution in [-0.2, 0) is 4.79 Å². The molecule has 0 N–H and O–H groups in total. The van der Waals surface area contributed by atoms with Crippen LogP contribution in [-0.4, -0.2) is 5.78 Å². The van der Waals surface area contributed by atoms with Crippen LogP contribution in [0.5, 0.6) is 0 Å². The van der Waals surface area contributed by atoms with Crippen molar-refractivity contribution in [2.45, 2.75) is 32.6 Å². The highest BCUT2D eigenvalue weighted by Gasteiger charge is 2.47. The Labute approximate surface area is 55.4 Å². The molecule has 2 rings (SSSR count). The number of hydrogen-bond acceptors (Lipinski definition) is 1. The average molecular weight is 124 g/mol. The zero-order valence-electron chi connectivity index (χ0n) is 5.81. The molecule has 2 aliphatic rings. The SMILES string of the molecule is C[C@]12CC[C@@H](CC1=O)C2. The monoisotopic (exact) mass is 124 g/mol. The first kappa shape index (κ1) is 5.45. The minimum Gasteiger partial charge on any atom is -0.299 e. The van der Waals surface area contributed by atoms with Gasteiger partial charge < -0.3 is 0 Å². The van der Waals surface area contributed by atoms with Crippen LogP contribution in [0.15, 0.2) is 0 Å². The van der Waals surface area contributed by atoms with Crippen molar-refractivity contribution in [1.82, 2.24) is 0 Å². The Morgan fingerprint density at radius 1 is 1.67 bits per heavy atom. The number of rotatable bonds is 0. The van der Waals surface area contributed by atoms with Gasteiger partial charge in [-0.3, -0.25) is 4.79 Å². The van der Waals surface area contributed by atoms with E-state index in [4.69, 9.17) is 0 Å². The number of ketones is 1. The molecule has 2 atom stereocenters. The lowest BCUT2D eigenvalue weighted by Gasteiger charge is -2.17. The molecular formula is C8H12O. The van der Waals surface area contributed by atoms with Crippen molar-refractivity contribution < 1.29 is 4.79 Å². The van der Waals surface area contributed by atoms with Gasteiger partial charge in [0.2, 0.25) is 0 Å². The first-order valence-corrected chi connectivity index (χ1v) is 3.74. The molecule has 0 amide bonds. The maximum atomic E-state index is 11.2. The highest BCUT2D eigenvalue weighted by Crippen LogP contribution is 2.50. The quantitative estimate of drug-likeness (QED) is 0.481. The molecule has 1 nitrogen and oxygen atoms in total. The smallest absolute Gasteiger partial charge is 0.139 e. The van der Waals surface area contributed by atoms with Gasteiger partial charge in [-0.25, -0.2) is 0 Å². The number of carbonyl (C=O) groups is 1. The molecule has 0 aromatic carbocycles. The summed E-state index contributed by atoms with van der Waals surface area (Å²) in [6, 6.07) is 0. The van der Waals surface area contributed by atoms with Crippen molar-refractivity contribution in [2.75, 3.05) is 0 Å². The van der Waals surface area contributed by atoms with Crippen LogP contribution in [0.1, 0.15) is 32.6 Å². The topological polar surface area (TPSA) is 17.1 Å². The molecule has 0 spiro atoms. The molecule has 2 bridgehead atoms. The largest absolute Gasteiger partial charge is 0.299 e. The Kier molecular flexibility index (Phi) is 0.842. The van der Waals surface area contributed by atoms with E-state index in [0.29, 0.717) is 5.78 Å². The predicted octanol–water partition coefficient (Wildman–Crippen LogP) is 1.77. The molecule has 0 radical (unpaired) electrons. The summed E-state index contributed by atoms with van der Waals surface area (Å²) in [6.45, 7) is 2.13. The van der Waals surface area contributed by atoms with Crippen LogP contribution < -0.4 is 0 Å². The minimum absolute atomic E-state index is 0.130. The standard InChI is InChI=1S/C8H12O/c1-8-3-2-6(5-8)4-7(8)9/h6H,2-5H2,1H3/t6-,8+/m0/s1. The zero-order valence-corrected chi connectivity index (χ0v) is 5.81. The summed E-state index contributed by atoms with van der Waals surface area (Å²) >= 11 is 0. The Morgan fingerprint density at radius 2 is 2.44 bits per heavy atom. The van der Waals surface area contributed by atoms with Crippen LogP contribution in [0, 0.1) is 11.3 Å². The Hall–Kier alpha value is -0.330. The molecule has 0 aromatic heterocycles. The van der Waals surface area contributed by atoms with E-state index in [2.05, 4.69) is 6.92 Å². The predicted molar refractivity (Wildman–Crippen MR) is 35.1 cm³/mol. The Bertz CT molecular complexity index is 162. The van der Waals surface area contributed by atoms with E-state index in [-0.39, 0.29) is 5.41 Å². The molecule has 1 heteroatoms. The lowest BCUT2D eigenvalue weighted by atomic mass is 9.86. The van der Waals surface area contributed by atoms with Crippen LogP contribution in [0.2, 0.25) is 0 Å². The fourth-order valence-electron chi connectivity index (χ4n) is 2.30. The lowest BCUT2D eigenvalue weighted by Crippen LogP contribution is -2.20. The van der Waals surface area contributed by atoms with Gasteiger partial charge in [-0.2, -0.15) is 0 Å². The molecule has 2 aliphatic carbocycles. The molecular weight excluding hydrogens is 112 g/mol. The molecule has 0 heterocycles. The van der Waals surface area contributed by atoms with E-state index in [1.807, 2.05) is 0 Å². The minimum atomic E-state index is 0.130. The summed E-state index contributed by atoms with van der Waals surface area (Å²) in [4.78, 5) is 11.2. The van der Waals surface area contributed by atoms with Gasteiger partial charge in [0.25, 0.3) is 0 Å². The summed E-state index contributed by atoms with van der Waals surface area (Å²) in [5, 5.41) is 0. The third-order valence-corrected chi connectivity index (χ3v) is 2.99. The first-order valence-electron chi connectivity index (χ1n) is 3.74. The Balaban J connectivity index is 2.32. The van der Waals surface area contributed by atoms with E-state index in [1.165, 1.54) is 12.8 Å². The van der Waals surface area contributed by atoms with Crippen molar-refractivity contribution in [3.05, 3.63) is 0 Å². The second-order valence-electron chi connectivity index (χ2n) is 3.80. The second kappa shape index (κ2) is 1.39. The maximum absolute atomic E-state index is 11.2. The molecule has 2 fully saturated rings. The average Bonchev–Trinajstić information content (AvgIpc) is 2.22. The fourth-order valence-corrected chi connectivity index (χ4v) is 2.30. The summed E-state index contributed by atoms with van der Waals surface area (Å²) in [5.41, 5.74) is 0.130. The molecule has 50 valence electrons. The number of fused-ring (bicyclic) bond motifs is 2. The third kappa shape index (κ3) is 0.577. The van der Waals surface area contributed by atoms with Gasteiger partial charge in [0.15, 0.2) is 0 Å². The van der Waals surface area contributed by atoms with E-state index in [9.17, 15) is 4.79 Å². The van der Waals surface area contributed by atoms with Gasteiger partial charge in [0.1, 0.15) is 5.78 Å². The van der Waals surface area contributed by atoms with E-state index in [0.717, 1.165) is 18.8 Å². The van der Waals surface area contributed by atoms with Gasteiger partial charge >= 0.3 is 0 Å². The number of hydrogen-bond donors (Lipinski definition) is 0. The van der Waals surface area contributed by atoms with Crippen molar-refractivity contribution in [3.8, 4) is 0 Å². The van der Waals surface area contributed by atoms with Gasteiger partial charge in [-0.1, -0.05) is 6.92 Å². The molecule has 0 saturated heterocycles. The fraction of sp³-hybridized carbons (Fsp3) is 0.875. The Morgan fingerprint density at radius 3 is 2.67 bits per heavy atom. The molecule has 2 saturated carbocycles.